The van der Waals surface area contributed by atoms with Crippen molar-refractivity contribution in [2.24, 2.45) is 0 Å². The van der Waals surface area contributed by atoms with Crippen LogP contribution in [0.15, 0.2) is 47.5 Å². The van der Waals surface area contributed by atoms with E-state index in [0.717, 1.165) is 28.6 Å². The highest BCUT2D eigenvalue weighted by molar-refractivity contribution is 8.18. The molecule has 0 saturated carbocycles. The first-order valence-electron chi connectivity index (χ1n) is 7.65. The summed E-state index contributed by atoms with van der Waals surface area (Å²) in [7, 11) is 0. The molecule has 1 saturated heterocycles. The average Bonchev–Trinajstić information content (AvgIpc) is 2.84. The van der Waals surface area contributed by atoms with Crippen LogP contribution in [0.2, 0.25) is 0 Å². The highest BCUT2D eigenvalue weighted by atomic mass is 32.2. The number of hydrogen-bond acceptors (Lipinski definition) is 4. The first-order valence-corrected chi connectivity index (χ1v) is 8.46. The van der Waals surface area contributed by atoms with Crippen molar-refractivity contribution in [2.45, 2.75) is 26.2 Å². The van der Waals surface area contributed by atoms with Crippen LogP contribution < -0.4 is 5.32 Å². The van der Waals surface area contributed by atoms with Gasteiger partial charge in [-0.25, -0.2) is 0 Å². The molecule has 1 aromatic carbocycles. The minimum absolute atomic E-state index is 0.109. The van der Waals surface area contributed by atoms with Crippen molar-refractivity contribution < 1.29 is 9.59 Å². The van der Waals surface area contributed by atoms with Crippen molar-refractivity contribution in [3.05, 3.63) is 58.6 Å². The maximum absolute atomic E-state index is 11.6. The van der Waals surface area contributed by atoms with E-state index in [1.165, 1.54) is 5.56 Å². The van der Waals surface area contributed by atoms with E-state index in [1.807, 2.05) is 12.1 Å². The summed E-state index contributed by atoms with van der Waals surface area (Å²) in [6.07, 6.45) is 3.42. The molecule has 122 valence electrons. The van der Waals surface area contributed by atoms with Gasteiger partial charge in [0.25, 0.3) is 11.1 Å². The van der Waals surface area contributed by atoms with E-state index in [0.29, 0.717) is 4.91 Å². The highest BCUT2D eigenvalue weighted by Gasteiger charge is 2.24. The number of aromatic nitrogens is 1. The molecule has 0 radical (unpaired) electrons. The summed E-state index contributed by atoms with van der Waals surface area (Å²) in [4.78, 5) is 27.7. The molecule has 1 N–H and O–H groups in total. The monoisotopic (exact) mass is 338 g/mol. The fraction of sp³-hybridized carbons (Fsp3) is 0.211. The number of carbonyl (C=O) groups excluding carboxylic acids is 2. The third-order valence-electron chi connectivity index (χ3n) is 3.77. The number of nitrogens with zero attached hydrogens (tertiary/aromatic N) is 1. The molecule has 24 heavy (non-hydrogen) atoms. The van der Waals surface area contributed by atoms with Crippen LogP contribution in [0.4, 0.5) is 4.79 Å². The molecule has 2 aromatic rings. The predicted molar refractivity (Wildman–Crippen MR) is 97.5 cm³/mol. The van der Waals surface area contributed by atoms with E-state index in [-0.39, 0.29) is 16.6 Å². The Hall–Kier alpha value is -2.40. The maximum Gasteiger partial charge on any atom is 0.290 e. The van der Waals surface area contributed by atoms with E-state index in [1.54, 1.807) is 12.3 Å². The number of hydrogen-bond donors (Lipinski definition) is 1. The molecule has 3 rings (SSSR count). The Bertz CT molecular complexity index is 833. The fourth-order valence-corrected chi connectivity index (χ4v) is 3.09. The zero-order valence-electron chi connectivity index (χ0n) is 13.8. The summed E-state index contributed by atoms with van der Waals surface area (Å²) < 4.78 is 0. The van der Waals surface area contributed by atoms with E-state index in [9.17, 15) is 9.59 Å². The Morgan fingerprint density at radius 1 is 1.08 bits per heavy atom. The predicted octanol–water partition coefficient (Wildman–Crippen LogP) is 4.37. The van der Waals surface area contributed by atoms with Gasteiger partial charge in [0.15, 0.2) is 0 Å². The van der Waals surface area contributed by atoms with Crippen molar-refractivity contribution in [3.8, 4) is 11.3 Å². The summed E-state index contributed by atoms with van der Waals surface area (Å²) in [5.74, 6) is -0.349. The van der Waals surface area contributed by atoms with Crippen LogP contribution in [-0.2, 0) is 10.2 Å². The molecule has 1 fully saturated rings. The summed E-state index contributed by atoms with van der Waals surface area (Å²) in [5, 5.41) is 1.92. The SMILES string of the molecule is CC(C)(C)c1ccc(-c2cc(C=C3SC(=O)NC3=O)ccn2)cc1. The van der Waals surface area contributed by atoms with Gasteiger partial charge < -0.3 is 0 Å². The second kappa shape index (κ2) is 6.24. The number of thioether (sulfide) groups is 1. The van der Waals surface area contributed by atoms with Crippen molar-refractivity contribution >= 4 is 29.0 Å². The van der Waals surface area contributed by atoms with Gasteiger partial charge in [-0.1, -0.05) is 45.0 Å². The number of pyridine rings is 1. The molecule has 5 heteroatoms. The van der Waals surface area contributed by atoms with Crippen LogP contribution in [0.1, 0.15) is 31.9 Å². The quantitative estimate of drug-likeness (QED) is 0.826. The van der Waals surface area contributed by atoms with Crippen LogP contribution in [0.3, 0.4) is 0 Å². The lowest BCUT2D eigenvalue weighted by molar-refractivity contribution is -0.115. The van der Waals surface area contributed by atoms with Gasteiger partial charge in [0.1, 0.15) is 0 Å². The van der Waals surface area contributed by atoms with Crippen LogP contribution >= 0.6 is 11.8 Å². The van der Waals surface area contributed by atoms with Gasteiger partial charge in [0, 0.05) is 11.8 Å². The minimum Gasteiger partial charge on any atom is -0.282 e. The van der Waals surface area contributed by atoms with Gasteiger partial charge in [-0.15, -0.1) is 0 Å². The molecular formula is C19H18N2O2S. The van der Waals surface area contributed by atoms with E-state index in [2.05, 4.69) is 55.3 Å². The minimum atomic E-state index is -0.349. The molecule has 0 bridgehead atoms. The van der Waals surface area contributed by atoms with Crippen molar-refractivity contribution in [3.63, 3.8) is 0 Å². The summed E-state index contributed by atoms with van der Waals surface area (Å²) in [5.41, 5.74) is 4.06. The molecule has 0 atom stereocenters. The van der Waals surface area contributed by atoms with Gasteiger partial charge in [0.05, 0.1) is 10.6 Å². The van der Waals surface area contributed by atoms with Crippen molar-refractivity contribution in [1.82, 2.24) is 10.3 Å². The van der Waals surface area contributed by atoms with Gasteiger partial charge in [-0.3, -0.25) is 19.9 Å². The number of benzene rings is 1. The Labute approximate surface area is 145 Å². The summed E-state index contributed by atoms with van der Waals surface area (Å²) in [6, 6.07) is 12.1. The van der Waals surface area contributed by atoms with Crippen LogP contribution in [0.5, 0.6) is 0 Å². The first-order chi connectivity index (χ1) is 11.3. The summed E-state index contributed by atoms with van der Waals surface area (Å²) >= 11 is 0.916. The molecule has 1 aliphatic heterocycles. The second-order valence-electron chi connectivity index (χ2n) is 6.65. The molecule has 4 nitrogen and oxygen atoms in total. The van der Waals surface area contributed by atoms with Crippen LogP contribution in [0.25, 0.3) is 17.3 Å². The molecule has 0 spiro atoms. The van der Waals surface area contributed by atoms with E-state index >= 15 is 0 Å². The largest absolute Gasteiger partial charge is 0.290 e. The molecule has 0 unspecified atom stereocenters. The lowest BCUT2D eigenvalue weighted by Gasteiger charge is -2.19. The molecule has 1 aliphatic rings. The lowest BCUT2D eigenvalue weighted by atomic mass is 9.86. The number of nitrogens with one attached hydrogen (secondary N) is 1. The maximum atomic E-state index is 11.6. The average molecular weight is 338 g/mol. The standard InChI is InChI=1S/C19H18N2O2S/c1-19(2,3)14-6-4-13(5-7-14)15-10-12(8-9-20-15)11-16-17(22)21-18(23)24-16/h4-11H,1-3H3,(H,21,22,23). The molecule has 2 amide bonds. The zero-order valence-corrected chi connectivity index (χ0v) is 14.6. The number of carbonyl (C=O) groups is 2. The molecule has 1 aromatic heterocycles. The number of rotatable bonds is 2. The second-order valence-corrected chi connectivity index (χ2v) is 7.67. The Morgan fingerprint density at radius 3 is 2.38 bits per heavy atom. The fourth-order valence-electron chi connectivity index (χ4n) is 2.41. The van der Waals surface area contributed by atoms with Crippen molar-refractivity contribution in [1.29, 1.82) is 0 Å². The zero-order chi connectivity index (χ0) is 17.3. The molecular weight excluding hydrogens is 320 g/mol. The summed E-state index contributed by atoms with van der Waals surface area (Å²) in [6.45, 7) is 6.54. The Kier molecular flexibility index (Phi) is 4.28. The topological polar surface area (TPSA) is 59.1 Å². The van der Waals surface area contributed by atoms with Crippen molar-refractivity contribution in [2.75, 3.05) is 0 Å². The number of imide groups is 1. The third kappa shape index (κ3) is 3.57. The van der Waals surface area contributed by atoms with Gasteiger partial charge in [-0.05, 0) is 46.5 Å². The Balaban J connectivity index is 1.90. The molecule has 0 aliphatic carbocycles. The number of amides is 2. The van der Waals surface area contributed by atoms with Gasteiger partial charge in [0.2, 0.25) is 0 Å². The van der Waals surface area contributed by atoms with Gasteiger partial charge >= 0.3 is 0 Å². The van der Waals surface area contributed by atoms with E-state index in [4.69, 9.17) is 0 Å². The molecule has 2 heterocycles. The van der Waals surface area contributed by atoms with Crippen LogP contribution in [0, 0.1) is 0 Å². The lowest BCUT2D eigenvalue weighted by Crippen LogP contribution is -2.17. The first kappa shape index (κ1) is 16.5. The smallest absolute Gasteiger partial charge is 0.282 e. The van der Waals surface area contributed by atoms with E-state index < -0.39 is 0 Å². The highest BCUT2D eigenvalue weighted by Crippen LogP contribution is 2.28. The van der Waals surface area contributed by atoms with Crippen LogP contribution in [-0.4, -0.2) is 16.1 Å². The normalized spacial score (nSPS) is 16.5. The Morgan fingerprint density at radius 2 is 1.79 bits per heavy atom. The third-order valence-corrected chi connectivity index (χ3v) is 4.58. The van der Waals surface area contributed by atoms with Gasteiger partial charge in [-0.2, -0.15) is 0 Å².